The third-order valence-corrected chi connectivity index (χ3v) is 3.06. The van der Waals surface area contributed by atoms with Gasteiger partial charge in [0.15, 0.2) is 0 Å². The number of aliphatic hydroxyl groups excluding tert-OH is 1. The number of benzene rings is 1. The number of hydrogen-bond donors (Lipinski definition) is 1. The molecule has 0 bridgehead atoms. The molecule has 1 heterocycles. The van der Waals surface area contributed by atoms with Crippen LogP contribution in [0.25, 0.3) is 0 Å². The lowest BCUT2D eigenvalue weighted by atomic mass is 10.1. The Labute approximate surface area is 101 Å². The number of aliphatic hydroxyl groups is 1. The van der Waals surface area contributed by atoms with Crippen LogP contribution in [0.15, 0.2) is 18.2 Å². The van der Waals surface area contributed by atoms with E-state index in [9.17, 15) is 4.39 Å². The molecule has 17 heavy (non-hydrogen) atoms. The predicted octanol–water partition coefficient (Wildman–Crippen LogP) is 1.93. The molecule has 0 saturated carbocycles. The quantitative estimate of drug-likeness (QED) is 0.856. The minimum absolute atomic E-state index is 0.140. The maximum Gasteiger partial charge on any atom is 0.125 e. The summed E-state index contributed by atoms with van der Waals surface area (Å²) in [6.45, 7) is 5.31. The van der Waals surface area contributed by atoms with Gasteiger partial charge < -0.3 is 14.7 Å². The summed E-state index contributed by atoms with van der Waals surface area (Å²) in [7, 11) is 0. The van der Waals surface area contributed by atoms with E-state index >= 15 is 0 Å². The van der Waals surface area contributed by atoms with E-state index in [0.717, 1.165) is 12.2 Å². The highest BCUT2D eigenvalue weighted by molar-refractivity contribution is 5.50. The molecule has 4 heteroatoms. The number of halogens is 1. The topological polar surface area (TPSA) is 32.7 Å². The first kappa shape index (κ1) is 12.3. The van der Waals surface area contributed by atoms with E-state index in [2.05, 4.69) is 11.8 Å². The highest BCUT2D eigenvalue weighted by atomic mass is 19.1. The molecule has 1 aromatic carbocycles. The maximum absolute atomic E-state index is 13.4. The molecule has 2 unspecified atom stereocenters. The Balaban J connectivity index is 2.28. The van der Waals surface area contributed by atoms with Gasteiger partial charge in [0.25, 0.3) is 0 Å². The van der Waals surface area contributed by atoms with Crippen molar-refractivity contribution < 1.29 is 14.2 Å². The summed E-state index contributed by atoms with van der Waals surface area (Å²) >= 11 is 0. The van der Waals surface area contributed by atoms with E-state index in [0.29, 0.717) is 12.2 Å². The lowest BCUT2D eigenvalue weighted by molar-refractivity contribution is 0.0343. The van der Waals surface area contributed by atoms with Gasteiger partial charge in [0.1, 0.15) is 5.82 Å². The van der Waals surface area contributed by atoms with Gasteiger partial charge in [0, 0.05) is 18.3 Å². The van der Waals surface area contributed by atoms with Gasteiger partial charge in [0.2, 0.25) is 0 Å². The van der Waals surface area contributed by atoms with Gasteiger partial charge in [-0.1, -0.05) is 0 Å². The Morgan fingerprint density at radius 3 is 2.88 bits per heavy atom. The first-order chi connectivity index (χ1) is 8.10. The van der Waals surface area contributed by atoms with Crippen LogP contribution in [0, 0.1) is 5.82 Å². The molecule has 0 aromatic heterocycles. The standard InChI is InChI=1S/C13H18FNO2/c1-9-8-17-10(2)6-15(9)13-4-11(7-16)3-12(14)5-13/h3-5,9-10,16H,6-8H2,1-2H3. The molecule has 1 fully saturated rings. The number of anilines is 1. The van der Waals surface area contributed by atoms with Gasteiger partial charge in [-0.25, -0.2) is 4.39 Å². The average molecular weight is 239 g/mol. The third-order valence-electron chi connectivity index (χ3n) is 3.06. The zero-order valence-electron chi connectivity index (χ0n) is 10.2. The highest BCUT2D eigenvalue weighted by Gasteiger charge is 2.24. The largest absolute Gasteiger partial charge is 0.392 e. The summed E-state index contributed by atoms with van der Waals surface area (Å²) < 4.78 is 19.0. The zero-order valence-corrected chi connectivity index (χ0v) is 10.2. The lowest BCUT2D eigenvalue weighted by Gasteiger charge is -2.38. The summed E-state index contributed by atoms with van der Waals surface area (Å²) in [5.41, 5.74) is 1.42. The van der Waals surface area contributed by atoms with Crippen molar-refractivity contribution in [3.05, 3.63) is 29.6 Å². The molecule has 0 spiro atoms. The van der Waals surface area contributed by atoms with E-state index in [1.165, 1.54) is 12.1 Å². The molecule has 2 atom stereocenters. The minimum Gasteiger partial charge on any atom is -0.392 e. The Kier molecular flexibility index (Phi) is 3.64. The van der Waals surface area contributed by atoms with Crippen LogP contribution in [-0.2, 0) is 11.3 Å². The minimum atomic E-state index is -0.308. The average Bonchev–Trinajstić information content (AvgIpc) is 2.31. The first-order valence-corrected chi connectivity index (χ1v) is 5.88. The molecule has 3 nitrogen and oxygen atoms in total. The van der Waals surface area contributed by atoms with Gasteiger partial charge in [-0.3, -0.25) is 0 Å². The molecule has 1 aliphatic rings. The van der Waals surface area contributed by atoms with Crippen LogP contribution in [0.5, 0.6) is 0 Å². The Morgan fingerprint density at radius 2 is 2.18 bits per heavy atom. The number of morpholine rings is 1. The fourth-order valence-electron chi connectivity index (χ4n) is 2.15. The molecule has 1 aromatic rings. The van der Waals surface area contributed by atoms with Crippen LogP contribution >= 0.6 is 0 Å². The van der Waals surface area contributed by atoms with Crippen LogP contribution in [0.4, 0.5) is 10.1 Å². The SMILES string of the molecule is CC1CN(c2cc(F)cc(CO)c2)C(C)CO1. The van der Waals surface area contributed by atoms with Crippen molar-refractivity contribution in [2.75, 3.05) is 18.1 Å². The summed E-state index contributed by atoms with van der Waals surface area (Å²) in [6.07, 6.45) is 0.145. The van der Waals surface area contributed by atoms with E-state index in [-0.39, 0.29) is 24.6 Å². The number of nitrogens with zero attached hydrogens (tertiary/aromatic N) is 1. The summed E-state index contributed by atoms with van der Waals surface area (Å²) in [4.78, 5) is 2.12. The molecule has 2 rings (SSSR count). The maximum atomic E-state index is 13.4. The van der Waals surface area contributed by atoms with Crippen LogP contribution < -0.4 is 4.90 Å². The van der Waals surface area contributed by atoms with E-state index < -0.39 is 0 Å². The van der Waals surface area contributed by atoms with Gasteiger partial charge in [0.05, 0.1) is 19.3 Å². The van der Waals surface area contributed by atoms with Crippen LogP contribution in [0.2, 0.25) is 0 Å². The van der Waals surface area contributed by atoms with Gasteiger partial charge in [-0.2, -0.15) is 0 Å². The molecule has 1 saturated heterocycles. The normalized spacial score (nSPS) is 25.1. The molecule has 0 aliphatic carbocycles. The third kappa shape index (κ3) is 2.76. The Bertz CT molecular complexity index is 397. The van der Waals surface area contributed by atoms with E-state index in [1.807, 2.05) is 13.0 Å². The highest BCUT2D eigenvalue weighted by Crippen LogP contribution is 2.24. The van der Waals surface area contributed by atoms with Crippen molar-refractivity contribution in [3.8, 4) is 0 Å². The summed E-state index contributed by atoms with van der Waals surface area (Å²) in [6, 6.07) is 4.92. The molecular formula is C13H18FNO2. The van der Waals surface area contributed by atoms with Crippen molar-refractivity contribution >= 4 is 5.69 Å². The van der Waals surface area contributed by atoms with Gasteiger partial charge >= 0.3 is 0 Å². The van der Waals surface area contributed by atoms with Crippen molar-refractivity contribution in [2.24, 2.45) is 0 Å². The lowest BCUT2D eigenvalue weighted by Crippen LogP contribution is -2.47. The second-order valence-corrected chi connectivity index (χ2v) is 4.62. The first-order valence-electron chi connectivity index (χ1n) is 5.88. The van der Waals surface area contributed by atoms with Crippen LogP contribution in [0.1, 0.15) is 19.4 Å². The fourth-order valence-corrected chi connectivity index (χ4v) is 2.15. The van der Waals surface area contributed by atoms with E-state index in [4.69, 9.17) is 9.84 Å². The summed E-state index contributed by atoms with van der Waals surface area (Å²) in [5, 5.41) is 9.09. The Hall–Kier alpha value is -1.13. The molecule has 1 N–H and O–H groups in total. The zero-order chi connectivity index (χ0) is 12.4. The smallest absolute Gasteiger partial charge is 0.125 e. The number of ether oxygens (including phenoxy) is 1. The van der Waals surface area contributed by atoms with Gasteiger partial charge in [-0.05, 0) is 37.6 Å². The molecule has 0 radical (unpaired) electrons. The predicted molar refractivity (Wildman–Crippen MR) is 64.5 cm³/mol. The van der Waals surface area contributed by atoms with Crippen molar-refractivity contribution in [3.63, 3.8) is 0 Å². The fraction of sp³-hybridized carbons (Fsp3) is 0.538. The van der Waals surface area contributed by atoms with Crippen molar-refractivity contribution in [2.45, 2.75) is 32.6 Å². The van der Waals surface area contributed by atoms with Gasteiger partial charge in [-0.15, -0.1) is 0 Å². The van der Waals surface area contributed by atoms with Crippen LogP contribution in [-0.4, -0.2) is 30.4 Å². The molecule has 0 amide bonds. The molecular weight excluding hydrogens is 221 g/mol. The Morgan fingerprint density at radius 1 is 1.41 bits per heavy atom. The summed E-state index contributed by atoms with van der Waals surface area (Å²) in [5.74, 6) is -0.308. The second-order valence-electron chi connectivity index (χ2n) is 4.62. The molecule has 94 valence electrons. The number of rotatable bonds is 2. The molecule has 1 aliphatic heterocycles. The monoisotopic (exact) mass is 239 g/mol. The van der Waals surface area contributed by atoms with Crippen molar-refractivity contribution in [1.29, 1.82) is 0 Å². The van der Waals surface area contributed by atoms with Crippen molar-refractivity contribution in [1.82, 2.24) is 0 Å². The number of hydrogen-bond acceptors (Lipinski definition) is 3. The van der Waals surface area contributed by atoms with E-state index in [1.54, 1.807) is 0 Å². The van der Waals surface area contributed by atoms with Crippen LogP contribution in [0.3, 0.4) is 0 Å². The second kappa shape index (κ2) is 5.02.